The van der Waals surface area contributed by atoms with E-state index in [9.17, 15) is 14.7 Å². The second-order valence-electron chi connectivity index (χ2n) is 5.65. The highest BCUT2D eigenvalue weighted by Crippen LogP contribution is 2.30. The van der Waals surface area contributed by atoms with Crippen LogP contribution >= 0.6 is 11.8 Å². The normalized spacial score (nSPS) is 25.2. The Kier molecular flexibility index (Phi) is 4.19. The second kappa shape index (κ2) is 6.10. The van der Waals surface area contributed by atoms with Crippen molar-refractivity contribution in [1.29, 1.82) is 0 Å². The molecule has 0 aliphatic carbocycles. The minimum absolute atomic E-state index is 0.00148. The number of carboxylic acids is 1. The van der Waals surface area contributed by atoms with Gasteiger partial charge in [0.1, 0.15) is 6.04 Å². The number of rotatable bonds is 2. The number of benzene rings is 1. The summed E-state index contributed by atoms with van der Waals surface area (Å²) in [5.74, 6) is 0.0961. The Morgan fingerprint density at radius 3 is 2.62 bits per heavy atom. The fourth-order valence-corrected chi connectivity index (χ4v) is 4.36. The van der Waals surface area contributed by atoms with Crippen molar-refractivity contribution in [3.05, 3.63) is 35.4 Å². The number of fused-ring (bicyclic) bond motifs is 1. The van der Waals surface area contributed by atoms with Crippen molar-refractivity contribution in [2.24, 2.45) is 0 Å². The Morgan fingerprint density at radius 1 is 1.19 bits per heavy atom. The number of carboxylic acid groups (broad SMARTS) is 1. The Morgan fingerprint density at radius 2 is 1.95 bits per heavy atom. The zero-order valence-corrected chi connectivity index (χ0v) is 12.6. The number of amides is 1. The maximum absolute atomic E-state index is 12.7. The van der Waals surface area contributed by atoms with Crippen molar-refractivity contribution in [3.63, 3.8) is 0 Å². The Hall–Kier alpha value is -1.49. The second-order valence-corrected chi connectivity index (χ2v) is 6.96. The summed E-state index contributed by atoms with van der Waals surface area (Å²) in [7, 11) is 0. The van der Waals surface area contributed by atoms with Gasteiger partial charge in [0.2, 0.25) is 5.91 Å². The van der Waals surface area contributed by atoms with Crippen LogP contribution in [0, 0.1) is 0 Å². The summed E-state index contributed by atoms with van der Waals surface area (Å²) in [6, 6.07) is 7.09. The molecular formula is C16H19NO3S. The number of hydrogen-bond acceptors (Lipinski definition) is 3. The van der Waals surface area contributed by atoms with Gasteiger partial charge in [0.15, 0.2) is 0 Å². The molecule has 2 aliphatic heterocycles. The summed E-state index contributed by atoms with van der Waals surface area (Å²) in [5, 5.41) is 9.42. The SMILES string of the molecule is O=C(O)[C@H]1Cc2ccccc2CN1C(=O)C1CCCCS1. The molecule has 0 spiro atoms. The van der Waals surface area contributed by atoms with Crippen molar-refractivity contribution in [2.75, 3.05) is 5.75 Å². The van der Waals surface area contributed by atoms with Crippen LogP contribution in [0.2, 0.25) is 0 Å². The molecule has 1 unspecified atom stereocenters. The number of carbonyl (C=O) groups is 2. The average molecular weight is 305 g/mol. The molecule has 1 N–H and O–H groups in total. The molecule has 0 bridgehead atoms. The van der Waals surface area contributed by atoms with Crippen LogP contribution in [0.5, 0.6) is 0 Å². The monoisotopic (exact) mass is 305 g/mol. The third-order valence-electron chi connectivity index (χ3n) is 4.27. The van der Waals surface area contributed by atoms with Crippen molar-refractivity contribution in [2.45, 2.75) is 43.5 Å². The van der Waals surface area contributed by atoms with E-state index >= 15 is 0 Å². The van der Waals surface area contributed by atoms with Gasteiger partial charge < -0.3 is 10.0 Å². The van der Waals surface area contributed by atoms with Gasteiger partial charge in [0.25, 0.3) is 0 Å². The molecule has 3 rings (SSSR count). The van der Waals surface area contributed by atoms with Crippen molar-refractivity contribution in [1.82, 2.24) is 4.90 Å². The predicted molar refractivity (Wildman–Crippen MR) is 82.2 cm³/mol. The Balaban J connectivity index is 1.85. The molecule has 1 fully saturated rings. The third-order valence-corrected chi connectivity index (χ3v) is 5.64. The van der Waals surface area contributed by atoms with Crippen molar-refractivity contribution < 1.29 is 14.7 Å². The van der Waals surface area contributed by atoms with Gasteiger partial charge in [-0.1, -0.05) is 30.7 Å². The molecule has 2 atom stereocenters. The van der Waals surface area contributed by atoms with Gasteiger partial charge in [0, 0.05) is 13.0 Å². The molecule has 1 aromatic carbocycles. The van der Waals surface area contributed by atoms with Gasteiger partial charge in [-0.15, -0.1) is 11.8 Å². The highest BCUT2D eigenvalue weighted by molar-refractivity contribution is 8.00. The van der Waals surface area contributed by atoms with Crippen molar-refractivity contribution >= 4 is 23.6 Å². The zero-order valence-electron chi connectivity index (χ0n) is 11.8. The van der Waals surface area contributed by atoms with Gasteiger partial charge in [-0.2, -0.15) is 0 Å². The standard InChI is InChI=1S/C16H19NO3S/c18-15(14-7-3-4-8-21-14)17-10-12-6-2-1-5-11(12)9-13(17)16(19)20/h1-2,5-6,13-14H,3-4,7-10H2,(H,19,20)/t13-,14?/m1/s1. The highest BCUT2D eigenvalue weighted by atomic mass is 32.2. The van der Waals surface area contributed by atoms with Crippen LogP contribution in [-0.4, -0.2) is 38.9 Å². The van der Waals surface area contributed by atoms with E-state index in [1.165, 1.54) is 0 Å². The van der Waals surface area contributed by atoms with Crippen LogP contribution in [0.25, 0.3) is 0 Å². The number of aliphatic carboxylic acids is 1. The molecule has 0 aromatic heterocycles. The van der Waals surface area contributed by atoms with Gasteiger partial charge in [-0.05, 0) is 29.7 Å². The van der Waals surface area contributed by atoms with Crippen LogP contribution in [-0.2, 0) is 22.6 Å². The molecule has 4 nitrogen and oxygen atoms in total. The van der Waals surface area contributed by atoms with Gasteiger partial charge in [-0.25, -0.2) is 4.79 Å². The number of hydrogen-bond donors (Lipinski definition) is 1. The maximum atomic E-state index is 12.7. The summed E-state index contributed by atoms with van der Waals surface area (Å²) in [6.07, 6.45) is 3.49. The Labute approximate surface area is 128 Å². The summed E-state index contributed by atoms with van der Waals surface area (Å²) >= 11 is 1.68. The number of thioether (sulfide) groups is 1. The molecule has 1 saturated heterocycles. The molecule has 5 heteroatoms. The van der Waals surface area contributed by atoms with Crippen LogP contribution in [0.15, 0.2) is 24.3 Å². The quantitative estimate of drug-likeness (QED) is 0.911. The molecule has 21 heavy (non-hydrogen) atoms. The van der Waals surface area contributed by atoms with Gasteiger partial charge in [0.05, 0.1) is 5.25 Å². The molecule has 1 aromatic rings. The molecule has 112 valence electrons. The molecule has 1 amide bonds. The van der Waals surface area contributed by atoms with Gasteiger partial charge in [-0.3, -0.25) is 4.79 Å². The smallest absolute Gasteiger partial charge is 0.326 e. The first-order valence-corrected chi connectivity index (χ1v) is 8.43. The Bertz CT molecular complexity index is 554. The highest BCUT2D eigenvalue weighted by Gasteiger charge is 2.37. The van der Waals surface area contributed by atoms with E-state index in [1.54, 1.807) is 16.7 Å². The largest absolute Gasteiger partial charge is 0.480 e. The lowest BCUT2D eigenvalue weighted by atomic mass is 9.93. The minimum Gasteiger partial charge on any atom is -0.480 e. The van der Waals surface area contributed by atoms with E-state index in [-0.39, 0.29) is 11.2 Å². The van der Waals surface area contributed by atoms with E-state index < -0.39 is 12.0 Å². The van der Waals surface area contributed by atoms with E-state index in [1.807, 2.05) is 24.3 Å². The fourth-order valence-electron chi connectivity index (χ4n) is 3.10. The summed E-state index contributed by atoms with van der Waals surface area (Å²) in [4.78, 5) is 25.9. The van der Waals surface area contributed by atoms with E-state index in [2.05, 4.69) is 0 Å². The molecule has 2 heterocycles. The number of carbonyl (C=O) groups excluding carboxylic acids is 1. The van der Waals surface area contributed by atoms with Gasteiger partial charge >= 0.3 is 5.97 Å². The average Bonchev–Trinajstić information content (AvgIpc) is 2.53. The minimum atomic E-state index is -0.904. The van der Waals surface area contributed by atoms with Crippen LogP contribution in [0.3, 0.4) is 0 Å². The first-order valence-electron chi connectivity index (χ1n) is 7.38. The molecule has 0 saturated carbocycles. The van der Waals surface area contributed by atoms with E-state index in [0.29, 0.717) is 13.0 Å². The lowest BCUT2D eigenvalue weighted by Crippen LogP contribution is -2.51. The number of nitrogens with zero attached hydrogens (tertiary/aromatic N) is 1. The van der Waals surface area contributed by atoms with Crippen LogP contribution < -0.4 is 0 Å². The summed E-state index contributed by atoms with van der Waals surface area (Å²) in [5.41, 5.74) is 2.12. The molecule has 2 aliphatic rings. The topological polar surface area (TPSA) is 57.6 Å². The van der Waals surface area contributed by atoms with Crippen LogP contribution in [0.4, 0.5) is 0 Å². The van der Waals surface area contributed by atoms with E-state index in [0.717, 1.165) is 36.1 Å². The predicted octanol–water partition coefficient (Wildman–Crippen LogP) is 2.31. The van der Waals surface area contributed by atoms with Crippen LogP contribution in [0.1, 0.15) is 30.4 Å². The first-order chi connectivity index (χ1) is 10.2. The van der Waals surface area contributed by atoms with Crippen molar-refractivity contribution in [3.8, 4) is 0 Å². The lowest BCUT2D eigenvalue weighted by molar-refractivity contribution is -0.151. The van der Waals surface area contributed by atoms with E-state index in [4.69, 9.17) is 0 Å². The first kappa shape index (κ1) is 14.4. The third kappa shape index (κ3) is 2.93. The molecular weight excluding hydrogens is 286 g/mol. The summed E-state index contributed by atoms with van der Waals surface area (Å²) in [6.45, 7) is 0.420. The maximum Gasteiger partial charge on any atom is 0.326 e. The lowest BCUT2D eigenvalue weighted by Gasteiger charge is -2.37. The zero-order chi connectivity index (χ0) is 14.8. The molecule has 0 radical (unpaired) electrons. The summed E-state index contributed by atoms with van der Waals surface area (Å²) < 4.78 is 0. The fraction of sp³-hybridized carbons (Fsp3) is 0.500.